The van der Waals surface area contributed by atoms with Crippen molar-refractivity contribution in [2.24, 2.45) is 0 Å². The summed E-state index contributed by atoms with van der Waals surface area (Å²) in [6, 6.07) is 14.5. The molecule has 0 saturated heterocycles. The number of nitrogens with one attached hydrogen (secondary N) is 2. The van der Waals surface area contributed by atoms with Gasteiger partial charge in [-0.25, -0.2) is 13.1 Å². The lowest BCUT2D eigenvalue weighted by Gasteiger charge is -2.16. The number of ether oxygens (including phenoxy) is 1. The van der Waals surface area contributed by atoms with Gasteiger partial charge in [0.2, 0.25) is 10.0 Å². The van der Waals surface area contributed by atoms with E-state index < -0.39 is 10.0 Å². The highest BCUT2D eigenvalue weighted by Crippen LogP contribution is 2.25. The van der Waals surface area contributed by atoms with E-state index in [1.165, 1.54) is 17.7 Å². The molecular formula is C21H28N2O4S. The van der Waals surface area contributed by atoms with Gasteiger partial charge in [0.1, 0.15) is 10.6 Å². The van der Waals surface area contributed by atoms with Crippen LogP contribution in [-0.4, -0.2) is 33.5 Å². The first kappa shape index (κ1) is 21.9. The number of carbonyl (C=O) groups is 1. The van der Waals surface area contributed by atoms with Gasteiger partial charge in [0.05, 0.1) is 6.61 Å². The Bertz CT molecular complexity index is 883. The first-order valence-electron chi connectivity index (χ1n) is 9.48. The van der Waals surface area contributed by atoms with E-state index in [-0.39, 0.29) is 34.7 Å². The fourth-order valence-electron chi connectivity index (χ4n) is 2.81. The van der Waals surface area contributed by atoms with E-state index in [0.29, 0.717) is 6.61 Å². The minimum Gasteiger partial charge on any atom is -0.492 e. The van der Waals surface area contributed by atoms with Gasteiger partial charge in [-0.05, 0) is 50.5 Å². The highest BCUT2D eigenvalue weighted by atomic mass is 32.2. The average molecular weight is 405 g/mol. The van der Waals surface area contributed by atoms with Crippen molar-refractivity contribution in [2.45, 2.75) is 44.6 Å². The van der Waals surface area contributed by atoms with Crippen LogP contribution in [0.5, 0.6) is 5.75 Å². The summed E-state index contributed by atoms with van der Waals surface area (Å²) in [5.41, 5.74) is 1.50. The Labute approximate surface area is 167 Å². The van der Waals surface area contributed by atoms with Gasteiger partial charge in [-0.3, -0.25) is 4.79 Å². The maximum absolute atomic E-state index is 12.6. The lowest BCUT2D eigenvalue weighted by atomic mass is 10.1. The molecule has 0 aliphatic heterocycles. The standard InChI is InChI=1S/C21H28N2O4S/c1-4-22-28(25,26)20-15-18(13-14-19(20)27-5-2)21(24)23-16(3)11-12-17-9-7-6-8-10-17/h6-10,13-16,22H,4-5,11-12H2,1-3H3,(H,23,24)/t16-/m0/s1. The van der Waals surface area contributed by atoms with E-state index in [4.69, 9.17) is 4.74 Å². The van der Waals surface area contributed by atoms with Crippen molar-refractivity contribution in [1.29, 1.82) is 0 Å². The van der Waals surface area contributed by atoms with Gasteiger partial charge in [0.15, 0.2) is 0 Å². The molecule has 2 rings (SSSR count). The number of sulfonamides is 1. The van der Waals surface area contributed by atoms with E-state index in [9.17, 15) is 13.2 Å². The second-order valence-corrected chi connectivity index (χ2v) is 8.23. The lowest BCUT2D eigenvalue weighted by molar-refractivity contribution is 0.0938. The van der Waals surface area contributed by atoms with Gasteiger partial charge in [0, 0.05) is 18.2 Å². The number of hydrogen-bond donors (Lipinski definition) is 2. The van der Waals surface area contributed by atoms with Gasteiger partial charge >= 0.3 is 0 Å². The molecule has 0 saturated carbocycles. The molecule has 0 bridgehead atoms. The summed E-state index contributed by atoms with van der Waals surface area (Å²) in [5, 5.41) is 2.93. The molecule has 1 atom stereocenters. The van der Waals surface area contributed by atoms with E-state index in [0.717, 1.165) is 12.8 Å². The van der Waals surface area contributed by atoms with Crippen LogP contribution in [0.4, 0.5) is 0 Å². The molecule has 1 amide bonds. The first-order chi connectivity index (χ1) is 13.4. The number of aryl methyl sites for hydroxylation is 1. The SMILES string of the molecule is CCNS(=O)(=O)c1cc(C(=O)N[C@@H](C)CCc2ccccc2)ccc1OCC. The molecule has 0 aliphatic carbocycles. The van der Waals surface area contributed by atoms with E-state index in [1.54, 1.807) is 19.9 Å². The Morgan fingerprint density at radius 2 is 1.82 bits per heavy atom. The van der Waals surface area contributed by atoms with E-state index in [1.807, 2.05) is 25.1 Å². The summed E-state index contributed by atoms with van der Waals surface area (Å²) in [6.45, 7) is 5.99. The van der Waals surface area contributed by atoms with Crippen molar-refractivity contribution in [3.8, 4) is 5.75 Å². The van der Waals surface area contributed by atoms with E-state index >= 15 is 0 Å². The predicted octanol–water partition coefficient (Wildman–Crippen LogP) is 3.13. The Hall–Kier alpha value is -2.38. The van der Waals surface area contributed by atoms with Crippen molar-refractivity contribution in [3.05, 3.63) is 59.7 Å². The Morgan fingerprint density at radius 1 is 1.11 bits per heavy atom. The van der Waals surface area contributed by atoms with Crippen LogP contribution >= 0.6 is 0 Å². The summed E-state index contributed by atoms with van der Waals surface area (Å²) >= 11 is 0. The molecule has 0 radical (unpaired) electrons. The quantitative estimate of drug-likeness (QED) is 0.637. The van der Waals surface area contributed by atoms with Crippen LogP contribution in [0.1, 0.15) is 43.1 Å². The zero-order valence-corrected chi connectivity index (χ0v) is 17.4. The van der Waals surface area contributed by atoms with Crippen molar-refractivity contribution in [1.82, 2.24) is 10.0 Å². The van der Waals surface area contributed by atoms with Crippen molar-refractivity contribution in [3.63, 3.8) is 0 Å². The van der Waals surface area contributed by atoms with Crippen LogP contribution in [0.3, 0.4) is 0 Å². The van der Waals surface area contributed by atoms with E-state index in [2.05, 4.69) is 22.2 Å². The molecule has 7 heteroatoms. The molecule has 0 spiro atoms. The van der Waals surface area contributed by atoms with Crippen molar-refractivity contribution >= 4 is 15.9 Å². The van der Waals surface area contributed by atoms with Crippen LogP contribution in [0.25, 0.3) is 0 Å². The molecule has 28 heavy (non-hydrogen) atoms. The fraction of sp³-hybridized carbons (Fsp3) is 0.381. The van der Waals surface area contributed by atoms with Crippen LogP contribution in [0.15, 0.2) is 53.4 Å². The first-order valence-corrected chi connectivity index (χ1v) is 11.0. The van der Waals surface area contributed by atoms with Crippen LogP contribution in [0.2, 0.25) is 0 Å². The van der Waals surface area contributed by atoms with Gasteiger partial charge in [-0.1, -0.05) is 37.3 Å². The maximum Gasteiger partial charge on any atom is 0.251 e. The van der Waals surface area contributed by atoms with Crippen molar-refractivity contribution in [2.75, 3.05) is 13.2 Å². The third kappa shape index (κ3) is 6.07. The minimum atomic E-state index is -3.75. The molecule has 2 aromatic rings. The van der Waals surface area contributed by atoms with Gasteiger partial charge in [-0.15, -0.1) is 0 Å². The molecule has 0 fully saturated rings. The molecule has 152 valence electrons. The summed E-state index contributed by atoms with van der Waals surface area (Å²) < 4.78 is 32.8. The lowest BCUT2D eigenvalue weighted by Crippen LogP contribution is -2.33. The third-order valence-electron chi connectivity index (χ3n) is 4.22. The Balaban J connectivity index is 2.11. The molecular weight excluding hydrogens is 376 g/mol. The topological polar surface area (TPSA) is 84.5 Å². The predicted molar refractivity (Wildman–Crippen MR) is 110 cm³/mol. The molecule has 0 heterocycles. The van der Waals surface area contributed by atoms with Gasteiger partial charge in [0.25, 0.3) is 5.91 Å². The maximum atomic E-state index is 12.6. The molecule has 2 aromatic carbocycles. The molecule has 0 aromatic heterocycles. The second-order valence-electron chi connectivity index (χ2n) is 6.49. The minimum absolute atomic E-state index is 0.0270. The number of amides is 1. The zero-order valence-electron chi connectivity index (χ0n) is 16.6. The summed E-state index contributed by atoms with van der Waals surface area (Å²) in [6.07, 6.45) is 1.64. The zero-order chi connectivity index (χ0) is 20.6. The number of carbonyl (C=O) groups excluding carboxylic acids is 1. The van der Waals surface area contributed by atoms with Crippen LogP contribution in [-0.2, 0) is 16.4 Å². The smallest absolute Gasteiger partial charge is 0.251 e. The van der Waals surface area contributed by atoms with Gasteiger partial charge in [-0.2, -0.15) is 0 Å². The van der Waals surface area contributed by atoms with Gasteiger partial charge < -0.3 is 10.1 Å². The highest BCUT2D eigenvalue weighted by molar-refractivity contribution is 7.89. The Morgan fingerprint density at radius 3 is 2.46 bits per heavy atom. The summed E-state index contributed by atoms with van der Waals surface area (Å²) in [7, 11) is -3.75. The van der Waals surface area contributed by atoms with Crippen LogP contribution in [0, 0.1) is 0 Å². The normalized spacial score (nSPS) is 12.4. The molecule has 2 N–H and O–H groups in total. The third-order valence-corrected chi connectivity index (χ3v) is 5.78. The Kier molecular flexibility index (Phi) is 8.02. The average Bonchev–Trinajstić information content (AvgIpc) is 2.67. The number of hydrogen-bond acceptors (Lipinski definition) is 4. The van der Waals surface area contributed by atoms with Crippen LogP contribution < -0.4 is 14.8 Å². The molecule has 6 nitrogen and oxygen atoms in total. The number of benzene rings is 2. The largest absolute Gasteiger partial charge is 0.492 e. The number of rotatable bonds is 10. The summed E-state index contributed by atoms with van der Waals surface area (Å²) in [5.74, 6) is -0.0753. The summed E-state index contributed by atoms with van der Waals surface area (Å²) in [4.78, 5) is 12.6. The monoisotopic (exact) mass is 404 g/mol. The van der Waals surface area contributed by atoms with Crippen molar-refractivity contribution < 1.29 is 17.9 Å². The molecule has 0 aliphatic rings. The molecule has 0 unspecified atom stereocenters. The fourth-order valence-corrected chi connectivity index (χ4v) is 4.02. The highest BCUT2D eigenvalue weighted by Gasteiger charge is 2.21. The second kappa shape index (κ2) is 10.2.